The van der Waals surface area contributed by atoms with Crippen LogP contribution in [0.3, 0.4) is 0 Å². The maximum Gasteiger partial charge on any atom is 0.321 e. The van der Waals surface area contributed by atoms with E-state index in [1.54, 1.807) is 17.0 Å². The summed E-state index contributed by atoms with van der Waals surface area (Å²) in [4.78, 5) is 16.3. The molecule has 24 heavy (non-hydrogen) atoms. The van der Waals surface area contributed by atoms with E-state index in [1.165, 1.54) is 12.1 Å². The van der Waals surface area contributed by atoms with Crippen LogP contribution >= 0.6 is 11.6 Å². The van der Waals surface area contributed by atoms with Gasteiger partial charge in [0.05, 0.1) is 0 Å². The first kappa shape index (κ1) is 16.6. The van der Waals surface area contributed by atoms with Gasteiger partial charge in [-0.2, -0.15) is 0 Å². The van der Waals surface area contributed by atoms with Gasteiger partial charge >= 0.3 is 6.03 Å². The molecule has 3 rings (SSSR count). The minimum Gasteiger partial charge on any atom is -0.368 e. The maximum absolute atomic E-state index is 12.9. The van der Waals surface area contributed by atoms with E-state index in [9.17, 15) is 9.18 Å². The Balaban J connectivity index is 1.57. The first-order valence-corrected chi connectivity index (χ1v) is 8.23. The molecule has 0 bridgehead atoms. The Labute approximate surface area is 145 Å². The van der Waals surface area contributed by atoms with Gasteiger partial charge in [0, 0.05) is 42.6 Å². The van der Waals surface area contributed by atoms with Crippen LogP contribution in [0.5, 0.6) is 0 Å². The van der Waals surface area contributed by atoms with E-state index in [1.807, 2.05) is 19.1 Å². The summed E-state index contributed by atoms with van der Waals surface area (Å²) in [6.45, 7) is 4.72. The predicted molar refractivity (Wildman–Crippen MR) is 95.4 cm³/mol. The second-order valence-corrected chi connectivity index (χ2v) is 6.25. The van der Waals surface area contributed by atoms with Gasteiger partial charge in [0.15, 0.2) is 0 Å². The number of anilines is 2. The van der Waals surface area contributed by atoms with Gasteiger partial charge in [-0.3, -0.25) is 0 Å². The lowest BCUT2D eigenvalue weighted by Crippen LogP contribution is -2.50. The van der Waals surface area contributed by atoms with Gasteiger partial charge in [-0.1, -0.05) is 17.7 Å². The molecule has 0 radical (unpaired) electrons. The smallest absolute Gasteiger partial charge is 0.321 e. The third kappa shape index (κ3) is 3.79. The number of carbonyl (C=O) groups excluding carboxylic acids is 1. The predicted octanol–water partition coefficient (Wildman–Crippen LogP) is 4.14. The van der Waals surface area contributed by atoms with Crippen molar-refractivity contribution in [3.8, 4) is 0 Å². The molecule has 1 aliphatic rings. The van der Waals surface area contributed by atoms with Crippen molar-refractivity contribution in [2.45, 2.75) is 6.92 Å². The number of hydrogen-bond acceptors (Lipinski definition) is 2. The van der Waals surface area contributed by atoms with Crippen molar-refractivity contribution in [2.24, 2.45) is 0 Å². The fraction of sp³-hybridized carbons (Fsp3) is 0.278. The summed E-state index contributed by atoms with van der Waals surface area (Å²) in [5.74, 6) is -0.321. The van der Waals surface area contributed by atoms with Gasteiger partial charge in [0.25, 0.3) is 0 Å². The molecule has 0 unspecified atom stereocenters. The van der Waals surface area contributed by atoms with Crippen LogP contribution in [-0.2, 0) is 0 Å². The number of urea groups is 1. The van der Waals surface area contributed by atoms with E-state index >= 15 is 0 Å². The number of benzene rings is 2. The molecule has 6 heteroatoms. The standard InChI is InChI=1S/C18H19ClFN3O/c1-13-2-7-16(12-17(13)19)22-8-10-23(11-9-22)18(24)21-15-5-3-14(20)4-6-15/h2-7,12H,8-11H2,1H3,(H,21,24). The average molecular weight is 348 g/mol. The molecule has 126 valence electrons. The van der Waals surface area contributed by atoms with Crippen LogP contribution in [0, 0.1) is 12.7 Å². The average Bonchev–Trinajstić information content (AvgIpc) is 2.59. The van der Waals surface area contributed by atoms with Gasteiger partial charge in [-0.05, 0) is 48.9 Å². The number of nitrogens with one attached hydrogen (secondary N) is 1. The number of amides is 2. The molecule has 1 saturated heterocycles. The largest absolute Gasteiger partial charge is 0.368 e. The second-order valence-electron chi connectivity index (χ2n) is 5.84. The van der Waals surface area contributed by atoms with Crippen molar-refractivity contribution in [2.75, 3.05) is 36.4 Å². The fourth-order valence-electron chi connectivity index (χ4n) is 2.68. The minimum absolute atomic E-state index is 0.164. The van der Waals surface area contributed by atoms with Gasteiger partial charge in [0.1, 0.15) is 5.82 Å². The van der Waals surface area contributed by atoms with Crippen molar-refractivity contribution in [1.29, 1.82) is 0 Å². The molecule has 0 spiro atoms. The lowest BCUT2D eigenvalue weighted by Gasteiger charge is -2.36. The number of piperazine rings is 1. The van der Waals surface area contributed by atoms with E-state index in [0.717, 1.165) is 29.4 Å². The Morgan fingerprint density at radius 1 is 1.08 bits per heavy atom. The molecule has 2 aromatic carbocycles. The summed E-state index contributed by atoms with van der Waals surface area (Å²) in [7, 11) is 0. The zero-order chi connectivity index (χ0) is 17.1. The Morgan fingerprint density at radius 3 is 2.38 bits per heavy atom. The van der Waals surface area contributed by atoms with Crippen LogP contribution in [0.2, 0.25) is 5.02 Å². The van der Waals surface area contributed by atoms with Gasteiger partial charge in [-0.15, -0.1) is 0 Å². The zero-order valence-electron chi connectivity index (χ0n) is 13.4. The summed E-state index contributed by atoms with van der Waals surface area (Å²) in [5.41, 5.74) is 2.72. The van der Waals surface area contributed by atoms with E-state index in [-0.39, 0.29) is 11.8 Å². The monoisotopic (exact) mass is 347 g/mol. The second kappa shape index (κ2) is 7.09. The topological polar surface area (TPSA) is 35.6 Å². The fourth-order valence-corrected chi connectivity index (χ4v) is 2.86. The summed E-state index contributed by atoms with van der Waals surface area (Å²) in [6.07, 6.45) is 0. The number of nitrogens with zero attached hydrogens (tertiary/aromatic N) is 2. The van der Waals surface area contributed by atoms with Crippen LogP contribution in [0.15, 0.2) is 42.5 Å². The Morgan fingerprint density at radius 2 is 1.75 bits per heavy atom. The van der Waals surface area contributed by atoms with Gasteiger partial charge < -0.3 is 15.1 Å². The van der Waals surface area contributed by atoms with Crippen LogP contribution in [-0.4, -0.2) is 37.1 Å². The van der Waals surface area contributed by atoms with Crippen molar-refractivity contribution >= 4 is 29.0 Å². The first-order valence-electron chi connectivity index (χ1n) is 7.85. The number of halogens is 2. The SMILES string of the molecule is Cc1ccc(N2CCN(C(=O)Nc3ccc(F)cc3)CC2)cc1Cl. The van der Waals surface area contributed by atoms with Crippen LogP contribution in [0.1, 0.15) is 5.56 Å². The summed E-state index contributed by atoms with van der Waals surface area (Å²) < 4.78 is 12.9. The van der Waals surface area contributed by atoms with Crippen molar-refractivity contribution in [3.05, 3.63) is 58.9 Å². The molecule has 1 heterocycles. The third-order valence-corrected chi connectivity index (χ3v) is 4.59. The number of hydrogen-bond donors (Lipinski definition) is 1. The highest BCUT2D eigenvalue weighted by Crippen LogP contribution is 2.24. The summed E-state index contributed by atoms with van der Waals surface area (Å²) in [5, 5.41) is 3.54. The lowest BCUT2D eigenvalue weighted by molar-refractivity contribution is 0.208. The van der Waals surface area contributed by atoms with E-state index < -0.39 is 0 Å². The third-order valence-electron chi connectivity index (χ3n) is 4.18. The first-order chi connectivity index (χ1) is 11.5. The Kier molecular flexibility index (Phi) is 4.90. The van der Waals surface area contributed by atoms with Crippen LogP contribution in [0.25, 0.3) is 0 Å². The molecule has 0 aliphatic carbocycles. The number of carbonyl (C=O) groups is 1. The number of rotatable bonds is 2. The molecular weight excluding hydrogens is 329 g/mol. The molecule has 1 aliphatic heterocycles. The van der Waals surface area contributed by atoms with Crippen LogP contribution < -0.4 is 10.2 Å². The van der Waals surface area contributed by atoms with Crippen LogP contribution in [0.4, 0.5) is 20.6 Å². The molecule has 0 saturated carbocycles. The Bertz CT molecular complexity index is 728. The van der Waals surface area contributed by atoms with E-state index in [4.69, 9.17) is 11.6 Å². The summed E-state index contributed by atoms with van der Waals surface area (Å²) in [6, 6.07) is 11.6. The summed E-state index contributed by atoms with van der Waals surface area (Å²) >= 11 is 6.19. The van der Waals surface area contributed by atoms with E-state index in [2.05, 4.69) is 16.3 Å². The quantitative estimate of drug-likeness (QED) is 0.886. The number of aryl methyl sites for hydroxylation is 1. The molecule has 0 aromatic heterocycles. The molecule has 4 nitrogen and oxygen atoms in total. The molecular formula is C18H19ClFN3O. The molecule has 2 amide bonds. The highest BCUT2D eigenvalue weighted by atomic mass is 35.5. The van der Waals surface area contributed by atoms with Crippen molar-refractivity contribution < 1.29 is 9.18 Å². The normalized spacial score (nSPS) is 14.6. The molecule has 2 aromatic rings. The Hall–Kier alpha value is -2.27. The van der Waals surface area contributed by atoms with Gasteiger partial charge in [0.2, 0.25) is 0 Å². The van der Waals surface area contributed by atoms with Crippen molar-refractivity contribution in [1.82, 2.24) is 4.90 Å². The molecule has 1 N–H and O–H groups in total. The van der Waals surface area contributed by atoms with E-state index in [0.29, 0.717) is 18.8 Å². The highest BCUT2D eigenvalue weighted by Gasteiger charge is 2.21. The van der Waals surface area contributed by atoms with Crippen molar-refractivity contribution in [3.63, 3.8) is 0 Å². The minimum atomic E-state index is -0.321. The molecule has 0 atom stereocenters. The zero-order valence-corrected chi connectivity index (χ0v) is 14.2. The highest BCUT2D eigenvalue weighted by molar-refractivity contribution is 6.31. The lowest BCUT2D eigenvalue weighted by atomic mass is 10.2. The van der Waals surface area contributed by atoms with Gasteiger partial charge in [-0.25, -0.2) is 9.18 Å². The maximum atomic E-state index is 12.9. The molecule has 1 fully saturated rings.